The molecule has 0 aliphatic rings. The molecule has 0 N–H and O–H groups in total. The second-order valence-corrected chi connectivity index (χ2v) is 5.32. The normalized spacial score (nSPS) is 10.4. The van der Waals surface area contributed by atoms with E-state index in [-0.39, 0.29) is 18.5 Å². The minimum absolute atomic E-state index is 0.148. The van der Waals surface area contributed by atoms with E-state index in [1.807, 2.05) is 6.07 Å². The van der Waals surface area contributed by atoms with Crippen molar-refractivity contribution in [2.75, 3.05) is 13.7 Å². The molecule has 4 heteroatoms. The van der Waals surface area contributed by atoms with Gasteiger partial charge in [0.1, 0.15) is 6.61 Å². The van der Waals surface area contributed by atoms with Crippen LogP contribution in [0, 0.1) is 0 Å². The second-order valence-electron chi connectivity index (χ2n) is 5.32. The van der Waals surface area contributed by atoms with Crippen molar-refractivity contribution in [3.63, 3.8) is 0 Å². The minimum Gasteiger partial charge on any atom is -0.466 e. The summed E-state index contributed by atoms with van der Waals surface area (Å²) in [6.45, 7) is 8.05. The molecule has 1 aromatic rings. The van der Waals surface area contributed by atoms with Gasteiger partial charge in [-0.25, -0.2) is 9.59 Å². The maximum atomic E-state index is 11.8. The Kier molecular flexibility index (Phi) is 8.90. The molecule has 0 aromatic heterocycles. The summed E-state index contributed by atoms with van der Waals surface area (Å²) in [5.41, 5.74) is 2.13. The third kappa shape index (κ3) is 7.58. The number of ether oxygens (including phenoxy) is 2. The van der Waals surface area contributed by atoms with E-state index in [1.54, 1.807) is 30.3 Å². The van der Waals surface area contributed by atoms with Crippen LogP contribution < -0.4 is 0 Å². The lowest BCUT2D eigenvalue weighted by Gasteiger charge is -2.10. The molecule has 0 unspecified atom stereocenters. The van der Waals surface area contributed by atoms with Gasteiger partial charge in [-0.2, -0.15) is 0 Å². The van der Waals surface area contributed by atoms with Gasteiger partial charge in [-0.15, -0.1) is 0 Å². The van der Waals surface area contributed by atoms with Crippen LogP contribution in [0.4, 0.5) is 0 Å². The van der Waals surface area contributed by atoms with Crippen molar-refractivity contribution in [3.8, 4) is 0 Å². The molecule has 0 radical (unpaired) electrons. The first-order valence-electron chi connectivity index (χ1n) is 7.87. The number of benzene rings is 1. The summed E-state index contributed by atoms with van der Waals surface area (Å²) in [5.74, 6) is -0.703. The molecule has 0 amide bonds. The zero-order valence-electron chi connectivity index (χ0n) is 14.1. The summed E-state index contributed by atoms with van der Waals surface area (Å²) in [4.78, 5) is 22.7. The molecule has 0 bridgehead atoms. The van der Waals surface area contributed by atoms with Crippen LogP contribution in [0.25, 0.3) is 0 Å². The highest BCUT2D eigenvalue weighted by Gasteiger charge is 2.08. The van der Waals surface area contributed by atoms with Crippen molar-refractivity contribution >= 4 is 11.9 Å². The molecular weight excluding hydrogens is 304 g/mol. The van der Waals surface area contributed by atoms with Crippen molar-refractivity contribution in [1.29, 1.82) is 0 Å². The highest BCUT2D eigenvalue weighted by atomic mass is 16.5. The average Bonchev–Trinajstić information content (AvgIpc) is 2.62. The standard InChI is InChI=1S/C20H24O4/c1-16(11-7-4-5-10-14-19(21)23-3)17(2)15-24-20(22)18-12-8-6-9-13-18/h6,8-10,12-14H,1-2,4-5,7,11,15H2,3H3/b14-10+. The first-order chi connectivity index (χ1) is 11.5. The lowest BCUT2D eigenvalue weighted by atomic mass is 10.0. The molecule has 0 spiro atoms. The summed E-state index contributed by atoms with van der Waals surface area (Å²) in [6, 6.07) is 8.85. The van der Waals surface area contributed by atoms with Crippen LogP contribution >= 0.6 is 0 Å². The zero-order valence-corrected chi connectivity index (χ0v) is 14.1. The molecule has 0 aliphatic carbocycles. The zero-order chi connectivity index (χ0) is 17.8. The number of carbonyl (C=O) groups excluding carboxylic acids is 2. The fraction of sp³-hybridized carbons (Fsp3) is 0.300. The fourth-order valence-electron chi connectivity index (χ4n) is 1.94. The topological polar surface area (TPSA) is 52.6 Å². The minimum atomic E-state index is -0.363. The van der Waals surface area contributed by atoms with Gasteiger partial charge < -0.3 is 9.47 Å². The monoisotopic (exact) mass is 328 g/mol. The summed E-state index contributed by atoms with van der Waals surface area (Å²) >= 11 is 0. The fourth-order valence-corrected chi connectivity index (χ4v) is 1.94. The van der Waals surface area contributed by atoms with Crippen molar-refractivity contribution in [2.45, 2.75) is 25.7 Å². The van der Waals surface area contributed by atoms with Crippen molar-refractivity contribution in [3.05, 3.63) is 72.4 Å². The molecule has 128 valence electrons. The van der Waals surface area contributed by atoms with E-state index in [1.165, 1.54) is 13.2 Å². The van der Waals surface area contributed by atoms with Gasteiger partial charge in [0.25, 0.3) is 0 Å². The van der Waals surface area contributed by atoms with Crippen molar-refractivity contribution in [1.82, 2.24) is 0 Å². The van der Waals surface area contributed by atoms with Gasteiger partial charge in [0.05, 0.1) is 12.7 Å². The third-order valence-corrected chi connectivity index (χ3v) is 3.44. The molecule has 1 aromatic carbocycles. The van der Waals surface area contributed by atoms with Crippen LogP contribution in [-0.4, -0.2) is 25.7 Å². The van der Waals surface area contributed by atoms with Crippen LogP contribution in [-0.2, 0) is 14.3 Å². The number of hydrogen-bond acceptors (Lipinski definition) is 4. The summed E-state index contributed by atoms with van der Waals surface area (Å²) in [5, 5.41) is 0. The highest BCUT2D eigenvalue weighted by Crippen LogP contribution is 2.15. The Morgan fingerprint density at radius 3 is 2.46 bits per heavy atom. The summed E-state index contributed by atoms with van der Waals surface area (Å²) in [7, 11) is 1.35. The Balaban J connectivity index is 2.21. The van der Waals surface area contributed by atoms with Gasteiger partial charge in [-0.05, 0) is 49.0 Å². The van der Waals surface area contributed by atoms with E-state index in [0.717, 1.165) is 36.8 Å². The van der Waals surface area contributed by atoms with Crippen LogP contribution in [0.5, 0.6) is 0 Å². The molecule has 0 saturated heterocycles. The Morgan fingerprint density at radius 2 is 1.79 bits per heavy atom. The van der Waals surface area contributed by atoms with Gasteiger partial charge in [-0.3, -0.25) is 0 Å². The predicted molar refractivity (Wildman–Crippen MR) is 94.6 cm³/mol. The molecule has 1 rings (SSSR count). The molecule has 0 saturated carbocycles. The molecular formula is C20H24O4. The first-order valence-corrected chi connectivity index (χ1v) is 7.87. The lowest BCUT2D eigenvalue weighted by Crippen LogP contribution is -2.08. The Labute approximate surface area is 143 Å². The van der Waals surface area contributed by atoms with Crippen molar-refractivity contribution < 1.29 is 19.1 Å². The lowest BCUT2D eigenvalue weighted by molar-refractivity contribution is -0.134. The van der Waals surface area contributed by atoms with E-state index in [2.05, 4.69) is 17.9 Å². The van der Waals surface area contributed by atoms with Gasteiger partial charge in [0.2, 0.25) is 0 Å². The van der Waals surface area contributed by atoms with E-state index in [9.17, 15) is 9.59 Å². The maximum Gasteiger partial charge on any atom is 0.338 e. The third-order valence-electron chi connectivity index (χ3n) is 3.44. The molecule has 24 heavy (non-hydrogen) atoms. The van der Waals surface area contributed by atoms with E-state index in [4.69, 9.17) is 4.74 Å². The van der Waals surface area contributed by atoms with E-state index < -0.39 is 0 Å². The quantitative estimate of drug-likeness (QED) is 0.279. The average molecular weight is 328 g/mol. The number of allylic oxidation sites excluding steroid dienone is 1. The number of methoxy groups -OCH3 is 1. The van der Waals surface area contributed by atoms with Crippen LogP contribution in [0.3, 0.4) is 0 Å². The van der Waals surface area contributed by atoms with Gasteiger partial charge in [-0.1, -0.05) is 37.4 Å². The van der Waals surface area contributed by atoms with Gasteiger partial charge in [0.15, 0.2) is 0 Å². The van der Waals surface area contributed by atoms with E-state index in [0.29, 0.717) is 5.56 Å². The Bertz CT molecular complexity index is 599. The predicted octanol–water partition coefficient (Wildman–Crippen LogP) is 4.25. The Morgan fingerprint density at radius 1 is 1.08 bits per heavy atom. The molecule has 4 nitrogen and oxygen atoms in total. The number of unbranched alkanes of at least 4 members (excludes halogenated alkanes) is 2. The van der Waals surface area contributed by atoms with Gasteiger partial charge >= 0.3 is 11.9 Å². The Hall–Kier alpha value is -2.62. The van der Waals surface area contributed by atoms with Crippen molar-refractivity contribution in [2.24, 2.45) is 0 Å². The van der Waals surface area contributed by atoms with E-state index >= 15 is 0 Å². The largest absolute Gasteiger partial charge is 0.466 e. The maximum absolute atomic E-state index is 11.8. The SMILES string of the molecule is C=C(CCCC/C=C/C(=O)OC)C(=C)COC(=O)c1ccccc1. The molecule has 0 heterocycles. The van der Waals surface area contributed by atoms with Gasteiger partial charge in [0, 0.05) is 6.08 Å². The summed E-state index contributed by atoms with van der Waals surface area (Å²) < 4.78 is 9.74. The first kappa shape index (κ1) is 19.4. The molecule has 0 aliphatic heterocycles. The van der Waals surface area contributed by atoms with Crippen LogP contribution in [0.2, 0.25) is 0 Å². The summed E-state index contributed by atoms with van der Waals surface area (Å²) in [6.07, 6.45) is 6.67. The number of esters is 2. The number of rotatable bonds is 10. The van der Waals surface area contributed by atoms with Crippen LogP contribution in [0.1, 0.15) is 36.0 Å². The molecule has 0 atom stereocenters. The number of hydrogen-bond donors (Lipinski definition) is 0. The second kappa shape index (κ2) is 11.0. The smallest absolute Gasteiger partial charge is 0.338 e. The molecule has 0 fully saturated rings. The number of carbonyl (C=O) groups is 2. The van der Waals surface area contributed by atoms with Crippen LogP contribution in [0.15, 0.2) is 66.8 Å². The highest BCUT2D eigenvalue weighted by molar-refractivity contribution is 5.89.